The van der Waals surface area contributed by atoms with Crippen molar-refractivity contribution in [2.45, 2.75) is 24.3 Å². The normalized spacial score (nSPS) is 19.2. The molecule has 1 fully saturated rings. The van der Waals surface area contributed by atoms with E-state index in [1.54, 1.807) is 0 Å². The molecule has 0 amide bonds. The number of sulfonamides is 1. The summed E-state index contributed by atoms with van der Waals surface area (Å²) >= 11 is 0. The van der Waals surface area contributed by atoms with Gasteiger partial charge in [0.2, 0.25) is 10.0 Å². The number of nitrogens with zero attached hydrogens (tertiary/aromatic N) is 1. The van der Waals surface area contributed by atoms with Gasteiger partial charge in [-0.05, 0) is 38.1 Å². The molecule has 21 heavy (non-hydrogen) atoms. The Bertz CT molecular complexity index is 623. The number of methoxy groups -OCH3 is 1. The van der Waals surface area contributed by atoms with Gasteiger partial charge in [0.15, 0.2) is 0 Å². The fraction of sp³-hybridized carbons (Fsp3) is 0.500. The lowest BCUT2D eigenvalue weighted by atomic mass is 10.0. The summed E-state index contributed by atoms with van der Waals surface area (Å²) in [6, 6.07) is 5.82. The number of ether oxygens (including phenoxy) is 1. The summed E-state index contributed by atoms with van der Waals surface area (Å²) in [5.41, 5.74) is -0.158. The van der Waals surface area contributed by atoms with Crippen molar-refractivity contribution in [1.82, 2.24) is 9.62 Å². The zero-order valence-electron chi connectivity index (χ0n) is 12.4. The van der Waals surface area contributed by atoms with Gasteiger partial charge >= 0.3 is 5.97 Å². The molecular weight excluding hydrogens is 292 g/mol. The number of piperazine rings is 1. The lowest BCUT2D eigenvalue weighted by Gasteiger charge is -2.41. The molecule has 0 atom stereocenters. The van der Waals surface area contributed by atoms with Gasteiger partial charge < -0.3 is 10.1 Å². The average Bonchev–Trinajstić information content (AvgIpc) is 2.45. The van der Waals surface area contributed by atoms with Gasteiger partial charge in [0.05, 0.1) is 17.6 Å². The third-order valence-electron chi connectivity index (χ3n) is 3.59. The van der Waals surface area contributed by atoms with Crippen LogP contribution in [0, 0.1) is 0 Å². The van der Waals surface area contributed by atoms with E-state index in [1.165, 1.54) is 35.7 Å². The molecule has 1 aromatic rings. The highest BCUT2D eigenvalue weighted by Gasteiger charge is 2.38. The molecule has 0 aromatic heterocycles. The Morgan fingerprint density at radius 2 is 1.90 bits per heavy atom. The van der Waals surface area contributed by atoms with E-state index in [1.807, 2.05) is 13.8 Å². The van der Waals surface area contributed by atoms with Crippen LogP contribution in [0.1, 0.15) is 24.2 Å². The maximum absolute atomic E-state index is 12.7. The van der Waals surface area contributed by atoms with Crippen molar-refractivity contribution in [3.63, 3.8) is 0 Å². The zero-order valence-corrected chi connectivity index (χ0v) is 13.2. The first kappa shape index (κ1) is 15.9. The molecule has 2 rings (SSSR count). The number of rotatable bonds is 3. The van der Waals surface area contributed by atoms with Gasteiger partial charge in [0.25, 0.3) is 0 Å². The van der Waals surface area contributed by atoms with Gasteiger partial charge in [-0.3, -0.25) is 0 Å². The number of hydrogen-bond acceptors (Lipinski definition) is 5. The monoisotopic (exact) mass is 312 g/mol. The van der Waals surface area contributed by atoms with E-state index in [0.29, 0.717) is 25.2 Å². The van der Waals surface area contributed by atoms with Crippen LogP contribution in [0.25, 0.3) is 0 Å². The lowest BCUT2D eigenvalue weighted by Crippen LogP contribution is -2.59. The van der Waals surface area contributed by atoms with Gasteiger partial charge in [-0.15, -0.1) is 0 Å². The second-order valence-electron chi connectivity index (χ2n) is 5.58. The maximum atomic E-state index is 12.7. The molecular formula is C14H20N2O4S. The maximum Gasteiger partial charge on any atom is 0.337 e. The molecule has 116 valence electrons. The van der Waals surface area contributed by atoms with Gasteiger partial charge in [0, 0.05) is 25.2 Å². The predicted octanol–water partition coefficient (Wildman–Crippen LogP) is 0.846. The van der Waals surface area contributed by atoms with E-state index in [0.717, 1.165) is 0 Å². The summed E-state index contributed by atoms with van der Waals surface area (Å²) in [6.45, 7) is 5.43. The minimum Gasteiger partial charge on any atom is -0.465 e. The van der Waals surface area contributed by atoms with E-state index in [9.17, 15) is 13.2 Å². The predicted molar refractivity (Wildman–Crippen MR) is 78.6 cm³/mol. The second-order valence-corrected chi connectivity index (χ2v) is 7.44. The molecule has 1 aromatic carbocycles. The number of carbonyl (C=O) groups excluding carboxylic acids is 1. The molecule has 1 aliphatic heterocycles. The van der Waals surface area contributed by atoms with E-state index < -0.39 is 21.5 Å². The first-order valence-corrected chi connectivity index (χ1v) is 8.15. The fourth-order valence-electron chi connectivity index (χ4n) is 2.42. The third-order valence-corrected chi connectivity index (χ3v) is 5.71. The van der Waals surface area contributed by atoms with Gasteiger partial charge in [-0.25, -0.2) is 13.2 Å². The van der Waals surface area contributed by atoms with Crippen molar-refractivity contribution in [2.24, 2.45) is 0 Å². The van der Waals surface area contributed by atoms with Crippen LogP contribution in [0.2, 0.25) is 0 Å². The molecule has 7 heteroatoms. The SMILES string of the molecule is COC(=O)c1ccc(S(=O)(=O)N2CCNCC2(C)C)cc1. The molecule has 6 nitrogen and oxygen atoms in total. The second kappa shape index (κ2) is 5.75. The van der Waals surface area contributed by atoms with Crippen molar-refractivity contribution in [1.29, 1.82) is 0 Å². The molecule has 0 bridgehead atoms. The number of esters is 1. The topological polar surface area (TPSA) is 75.7 Å². The van der Waals surface area contributed by atoms with Gasteiger partial charge in [-0.2, -0.15) is 4.31 Å². The average molecular weight is 312 g/mol. The third kappa shape index (κ3) is 3.09. The van der Waals surface area contributed by atoms with Crippen LogP contribution in [-0.2, 0) is 14.8 Å². The number of hydrogen-bond donors (Lipinski definition) is 1. The molecule has 0 unspecified atom stereocenters. The summed E-state index contributed by atoms with van der Waals surface area (Å²) in [6.07, 6.45) is 0. The van der Waals surface area contributed by atoms with E-state index in [2.05, 4.69) is 10.1 Å². The number of carbonyl (C=O) groups is 1. The van der Waals surface area contributed by atoms with Crippen LogP contribution < -0.4 is 5.32 Å². The summed E-state index contributed by atoms with van der Waals surface area (Å²) in [5.74, 6) is -0.485. The Morgan fingerprint density at radius 1 is 1.29 bits per heavy atom. The summed E-state index contributed by atoms with van der Waals surface area (Å²) in [4.78, 5) is 11.6. The Balaban J connectivity index is 2.33. The fourth-order valence-corrected chi connectivity index (χ4v) is 4.20. The van der Waals surface area contributed by atoms with E-state index in [-0.39, 0.29) is 4.90 Å². The summed E-state index contributed by atoms with van der Waals surface area (Å²) in [7, 11) is -2.29. The highest BCUT2D eigenvalue weighted by molar-refractivity contribution is 7.89. The highest BCUT2D eigenvalue weighted by Crippen LogP contribution is 2.26. The highest BCUT2D eigenvalue weighted by atomic mass is 32.2. The molecule has 1 N–H and O–H groups in total. The number of benzene rings is 1. The van der Waals surface area contributed by atoms with Crippen LogP contribution in [0.3, 0.4) is 0 Å². The largest absolute Gasteiger partial charge is 0.465 e. The van der Waals surface area contributed by atoms with E-state index in [4.69, 9.17) is 0 Å². The van der Waals surface area contributed by atoms with Crippen LogP contribution >= 0.6 is 0 Å². The van der Waals surface area contributed by atoms with Crippen LogP contribution in [-0.4, -0.2) is 51.0 Å². The minimum atomic E-state index is -3.58. The molecule has 1 heterocycles. The van der Waals surface area contributed by atoms with Gasteiger partial charge in [0.1, 0.15) is 0 Å². The van der Waals surface area contributed by atoms with Crippen LogP contribution in [0.5, 0.6) is 0 Å². The van der Waals surface area contributed by atoms with Crippen molar-refractivity contribution in [2.75, 3.05) is 26.7 Å². The van der Waals surface area contributed by atoms with Crippen molar-refractivity contribution < 1.29 is 17.9 Å². The first-order valence-electron chi connectivity index (χ1n) is 6.71. The van der Waals surface area contributed by atoms with Crippen LogP contribution in [0.4, 0.5) is 0 Å². The molecule has 0 aliphatic carbocycles. The van der Waals surface area contributed by atoms with Gasteiger partial charge in [-0.1, -0.05) is 0 Å². The lowest BCUT2D eigenvalue weighted by molar-refractivity contribution is 0.0600. The quantitative estimate of drug-likeness (QED) is 0.837. The summed E-state index contributed by atoms with van der Waals surface area (Å²) in [5, 5.41) is 3.19. The standard InChI is InChI=1S/C14H20N2O4S/c1-14(2)10-15-8-9-16(14)21(18,19)12-6-4-11(5-7-12)13(17)20-3/h4-7,15H,8-10H2,1-3H3. The molecule has 1 saturated heterocycles. The zero-order chi connectivity index (χ0) is 15.7. The number of nitrogens with one attached hydrogen (secondary N) is 1. The molecule has 0 radical (unpaired) electrons. The van der Waals surface area contributed by atoms with E-state index >= 15 is 0 Å². The van der Waals surface area contributed by atoms with Crippen molar-refractivity contribution in [3.8, 4) is 0 Å². The van der Waals surface area contributed by atoms with Crippen LogP contribution in [0.15, 0.2) is 29.2 Å². The molecule has 1 aliphatic rings. The molecule has 0 saturated carbocycles. The Kier molecular flexibility index (Phi) is 4.36. The Labute approximate surface area is 125 Å². The Morgan fingerprint density at radius 3 is 2.43 bits per heavy atom. The smallest absolute Gasteiger partial charge is 0.337 e. The van der Waals surface area contributed by atoms with Crippen molar-refractivity contribution in [3.05, 3.63) is 29.8 Å². The molecule has 0 spiro atoms. The first-order chi connectivity index (χ1) is 9.79. The summed E-state index contributed by atoms with van der Waals surface area (Å²) < 4.78 is 31.6. The minimum absolute atomic E-state index is 0.185. The van der Waals surface area contributed by atoms with Crippen molar-refractivity contribution >= 4 is 16.0 Å². The Hall–Kier alpha value is -1.44.